The van der Waals surface area contributed by atoms with Crippen LogP contribution in [0.2, 0.25) is 0 Å². The summed E-state index contributed by atoms with van der Waals surface area (Å²) in [6, 6.07) is 7.92. The summed E-state index contributed by atoms with van der Waals surface area (Å²) in [5.41, 5.74) is 6.78. The van der Waals surface area contributed by atoms with Crippen LogP contribution in [0.25, 0.3) is 0 Å². The fourth-order valence-corrected chi connectivity index (χ4v) is 2.88. The molecule has 0 aliphatic heterocycles. The molecule has 0 saturated heterocycles. The smallest absolute Gasteiger partial charge is 0.242 e. The zero-order chi connectivity index (χ0) is 15.3. The zero-order valence-corrected chi connectivity index (χ0v) is 13.1. The fourth-order valence-electron chi connectivity index (χ4n) is 2.88. The van der Waals surface area contributed by atoms with E-state index in [4.69, 9.17) is 10.5 Å². The number of hydrogen-bond donors (Lipinski definition) is 1. The van der Waals surface area contributed by atoms with E-state index >= 15 is 0 Å². The Kier molecular flexibility index (Phi) is 5.23. The summed E-state index contributed by atoms with van der Waals surface area (Å²) in [7, 11) is 1.81. The SMILES string of the molecule is Cc1cccc(OCCN(C)C(=O)C2(N)CCCCC2)c1. The van der Waals surface area contributed by atoms with Crippen LogP contribution in [0.1, 0.15) is 37.7 Å². The van der Waals surface area contributed by atoms with Gasteiger partial charge in [-0.05, 0) is 37.5 Å². The number of carbonyl (C=O) groups is 1. The molecule has 116 valence electrons. The van der Waals surface area contributed by atoms with Gasteiger partial charge in [-0.2, -0.15) is 0 Å². The lowest BCUT2D eigenvalue weighted by atomic mass is 9.81. The van der Waals surface area contributed by atoms with Gasteiger partial charge in [0.1, 0.15) is 12.4 Å². The molecule has 2 N–H and O–H groups in total. The quantitative estimate of drug-likeness (QED) is 0.906. The third-order valence-corrected chi connectivity index (χ3v) is 4.20. The van der Waals surface area contributed by atoms with Gasteiger partial charge in [-0.15, -0.1) is 0 Å². The molecule has 2 rings (SSSR count). The van der Waals surface area contributed by atoms with E-state index in [0.29, 0.717) is 13.2 Å². The van der Waals surface area contributed by atoms with Crippen LogP contribution in [0, 0.1) is 6.92 Å². The Morgan fingerprint density at radius 3 is 2.71 bits per heavy atom. The highest BCUT2D eigenvalue weighted by Gasteiger charge is 2.37. The predicted octanol–water partition coefficient (Wildman–Crippen LogP) is 2.49. The summed E-state index contributed by atoms with van der Waals surface area (Å²) >= 11 is 0. The first-order valence-corrected chi connectivity index (χ1v) is 7.75. The average molecular weight is 290 g/mol. The minimum absolute atomic E-state index is 0.0510. The number of ether oxygens (including phenoxy) is 1. The molecule has 1 amide bonds. The van der Waals surface area contributed by atoms with Crippen molar-refractivity contribution in [2.75, 3.05) is 20.2 Å². The number of aryl methyl sites for hydroxylation is 1. The van der Waals surface area contributed by atoms with Crippen molar-refractivity contribution in [2.24, 2.45) is 5.73 Å². The van der Waals surface area contributed by atoms with E-state index in [1.54, 1.807) is 4.90 Å². The largest absolute Gasteiger partial charge is 0.492 e. The molecule has 21 heavy (non-hydrogen) atoms. The summed E-state index contributed by atoms with van der Waals surface area (Å²) in [6.45, 7) is 3.08. The van der Waals surface area contributed by atoms with Gasteiger partial charge in [0.05, 0.1) is 12.1 Å². The van der Waals surface area contributed by atoms with Crippen molar-refractivity contribution < 1.29 is 9.53 Å². The van der Waals surface area contributed by atoms with Crippen LogP contribution in [-0.2, 0) is 4.79 Å². The van der Waals surface area contributed by atoms with Crippen LogP contribution >= 0.6 is 0 Å². The summed E-state index contributed by atoms with van der Waals surface area (Å²) in [5, 5.41) is 0. The third-order valence-electron chi connectivity index (χ3n) is 4.20. The Balaban J connectivity index is 1.81. The topological polar surface area (TPSA) is 55.6 Å². The first-order valence-electron chi connectivity index (χ1n) is 7.75. The number of benzene rings is 1. The summed E-state index contributed by atoms with van der Waals surface area (Å²) in [6.07, 6.45) is 4.89. The Morgan fingerprint density at radius 1 is 1.33 bits per heavy atom. The van der Waals surface area contributed by atoms with Gasteiger partial charge in [0, 0.05) is 7.05 Å². The zero-order valence-electron chi connectivity index (χ0n) is 13.1. The fraction of sp³-hybridized carbons (Fsp3) is 0.588. The molecule has 0 aromatic heterocycles. The second-order valence-corrected chi connectivity index (χ2v) is 6.11. The summed E-state index contributed by atoms with van der Waals surface area (Å²) in [5.74, 6) is 0.894. The number of amides is 1. The molecular formula is C17H26N2O2. The van der Waals surface area contributed by atoms with Crippen molar-refractivity contribution in [3.63, 3.8) is 0 Å². The van der Waals surface area contributed by atoms with E-state index in [2.05, 4.69) is 0 Å². The highest BCUT2D eigenvalue weighted by atomic mass is 16.5. The molecule has 0 bridgehead atoms. The second kappa shape index (κ2) is 6.94. The van der Waals surface area contributed by atoms with Gasteiger partial charge in [-0.25, -0.2) is 0 Å². The number of carbonyl (C=O) groups excluding carboxylic acids is 1. The molecule has 1 saturated carbocycles. The molecule has 0 spiro atoms. The van der Waals surface area contributed by atoms with Gasteiger partial charge >= 0.3 is 0 Å². The van der Waals surface area contributed by atoms with E-state index < -0.39 is 5.54 Å². The number of likely N-dealkylation sites (N-methyl/N-ethyl adjacent to an activating group) is 1. The maximum absolute atomic E-state index is 12.5. The molecule has 0 atom stereocenters. The minimum Gasteiger partial charge on any atom is -0.492 e. The maximum atomic E-state index is 12.5. The van der Waals surface area contributed by atoms with E-state index in [1.807, 2.05) is 38.2 Å². The predicted molar refractivity (Wildman–Crippen MR) is 84.3 cm³/mol. The van der Waals surface area contributed by atoms with Crippen molar-refractivity contribution in [2.45, 2.75) is 44.6 Å². The van der Waals surface area contributed by atoms with E-state index in [9.17, 15) is 4.79 Å². The third kappa shape index (κ3) is 4.21. The molecular weight excluding hydrogens is 264 g/mol. The second-order valence-electron chi connectivity index (χ2n) is 6.11. The highest BCUT2D eigenvalue weighted by molar-refractivity contribution is 5.86. The molecule has 1 aromatic rings. The van der Waals surface area contributed by atoms with Crippen LogP contribution in [0.15, 0.2) is 24.3 Å². The van der Waals surface area contributed by atoms with Crippen molar-refractivity contribution in [3.05, 3.63) is 29.8 Å². The van der Waals surface area contributed by atoms with Crippen LogP contribution in [0.5, 0.6) is 5.75 Å². The standard InChI is InChI=1S/C17H26N2O2/c1-14-7-6-8-15(13-14)21-12-11-19(2)16(20)17(18)9-4-3-5-10-17/h6-8,13H,3-5,9-12,18H2,1-2H3. The van der Waals surface area contributed by atoms with Crippen molar-refractivity contribution in [1.29, 1.82) is 0 Å². The number of nitrogens with zero attached hydrogens (tertiary/aromatic N) is 1. The van der Waals surface area contributed by atoms with Gasteiger partial charge in [-0.1, -0.05) is 31.4 Å². The van der Waals surface area contributed by atoms with Crippen molar-refractivity contribution in [3.8, 4) is 5.75 Å². The molecule has 1 aliphatic carbocycles. The van der Waals surface area contributed by atoms with Crippen LogP contribution in [-0.4, -0.2) is 36.5 Å². The monoisotopic (exact) mass is 290 g/mol. The number of hydrogen-bond acceptors (Lipinski definition) is 3. The summed E-state index contributed by atoms with van der Waals surface area (Å²) in [4.78, 5) is 14.2. The lowest BCUT2D eigenvalue weighted by Gasteiger charge is -2.35. The molecule has 4 heteroatoms. The first kappa shape index (κ1) is 15.8. The number of nitrogens with two attached hydrogens (primary N) is 1. The van der Waals surface area contributed by atoms with Gasteiger partial charge in [0.2, 0.25) is 5.91 Å². The molecule has 1 fully saturated rings. The molecule has 0 heterocycles. The van der Waals surface area contributed by atoms with Crippen molar-refractivity contribution >= 4 is 5.91 Å². The Bertz CT molecular complexity index is 481. The van der Waals surface area contributed by atoms with Gasteiger partial charge in [0.25, 0.3) is 0 Å². The van der Waals surface area contributed by atoms with E-state index in [-0.39, 0.29) is 5.91 Å². The average Bonchev–Trinajstić information content (AvgIpc) is 2.47. The lowest BCUT2D eigenvalue weighted by molar-refractivity contribution is -0.137. The lowest BCUT2D eigenvalue weighted by Crippen LogP contribution is -2.55. The van der Waals surface area contributed by atoms with E-state index in [0.717, 1.165) is 31.4 Å². The van der Waals surface area contributed by atoms with Gasteiger partial charge in [-0.3, -0.25) is 4.79 Å². The maximum Gasteiger partial charge on any atom is 0.242 e. The molecule has 0 unspecified atom stereocenters. The van der Waals surface area contributed by atoms with Crippen LogP contribution in [0.4, 0.5) is 0 Å². The Morgan fingerprint density at radius 2 is 2.05 bits per heavy atom. The Labute approximate surface area is 127 Å². The first-order chi connectivity index (χ1) is 10.0. The molecule has 1 aliphatic rings. The normalized spacial score (nSPS) is 17.3. The van der Waals surface area contributed by atoms with Gasteiger partial charge < -0.3 is 15.4 Å². The Hall–Kier alpha value is -1.55. The highest BCUT2D eigenvalue weighted by Crippen LogP contribution is 2.27. The number of rotatable bonds is 5. The van der Waals surface area contributed by atoms with Crippen LogP contribution in [0.3, 0.4) is 0 Å². The summed E-state index contributed by atoms with van der Waals surface area (Å²) < 4.78 is 5.69. The van der Waals surface area contributed by atoms with Gasteiger partial charge in [0.15, 0.2) is 0 Å². The van der Waals surface area contributed by atoms with Crippen LogP contribution < -0.4 is 10.5 Å². The molecule has 4 nitrogen and oxygen atoms in total. The molecule has 1 aromatic carbocycles. The van der Waals surface area contributed by atoms with Crippen molar-refractivity contribution in [1.82, 2.24) is 4.90 Å². The molecule has 0 radical (unpaired) electrons. The van der Waals surface area contributed by atoms with E-state index in [1.165, 1.54) is 12.0 Å². The minimum atomic E-state index is -0.656.